The van der Waals surface area contributed by atoms with Crippen LogP contribution in [-0.4, -0.2) is 15.4 Å². The molecule has 0 amide bonds. The SMILES string of the molecule is [B-][Si](c1ccccc1)(c1ccccc1)c1ccccc1.[Li+]. The normalized spacial score (nSPS) is 10.7. The predicted octanol–water partition coefficient (Wildman–Crippen LogP) is -1.17. The summed E-state index contributed by atoms with van der Waals surface area (Å²) in [5, 5.41) is 3.70. The molecule has 0 aliphatic heterocycles. The zero-order chi connectivity index (χ0) is 13.8. The Kier molecular flexibility index (Phi) is 5.31. The van der Waals surface area contributed by atoms with Crippen LogP contribution in [0.5, 0.6) is 0 Å². The molecule has 0 saturated heterocycles. The van der Waals surface area contributed by atoms with Gasteiger partial charge in [0.2, 0.25) is 0 Å². The van der Waals surface area contributed by atoms with E-state index in [0.29, 0.717) is 0 Å². The summed E-state index contributed by atoms with van der Waals surface area (Å²) in [4.78, 5) is 0. The Hall–Kier alpha value is -1.46. The second-order valence-electron chi connectivity index (χ2n) is 4.91. The van der Waals surface area contributed by atoms with Crippen LogP contribution in [0.2, 0.25) is 0 Å². The Morgan fingerprint density at radius 1 is 0.476 bits per heavy atom. The van der Waals surface area contributed by atoms with E-state index in [9.17, 15) is 0 Å². The molecule has 0 saturated carbocycles. The monoisotopic (exact) mass is 277 g/mol. The molecule has 0 spiro atoms. The molecule has 3 radical (unpaired) electrons. The van der Waals surface area contributed by atoms with Crippen molar-refractivity contribution in [2.45, 2.75) is 0 Å². The maximum atomic E-state index is 7.00. The van der Waals surface area contributed by atoms with E-state index in [0.717, 1.165) is 0 Å². The predicted molar refractivity (Wildman–Crippen MR) is 89.7 cm³/mol. The molecule has 0 aromatic heterocycles. The van der Waals surface area contributed by atoms with E-state index in [-0.39, 0.29) is 18.9 Å². The summed E-state index contributed by atoms with van der Waals surface area (Å²) in [6.45, 7) is 0. The molecular formula is C18H15BLiSi. The Morgan fingerprint density at radius 3 is 0.952 bits per heavy atom. The van der Waals surface area contributed by atoms with Crippen molar-refractivity contribution in [3.05, 3.63) is 91.0 Å². The Morgan fingerprint density at radius 2 is 0.714 bits per heavy atom. The number of hydrogen-bond acceptors (Lipinski definition) is 0. The minimum absolute atomic E-state index is 0. The van der Waals surface area contributed by atoms with Gasteiger partial charge in [-0.3, -0.25) is 0 Å². The van der Waals surface area contributed by atoms with Crippen molar-refractivity contribution in [1.82, 2.24) is 0 Å². The van der Waals surface area contributed by atoms with Crippen LogP contribution >= 0.6 is 0 Å². The summed E-state index contributed by atoms with van der Waals surface area (Å²) in [6, 6.07) is 31.4. The summed E-state index contributed by atoms with van der Waals surface area (Å²) in [5.41, 5.74) is 0. The van der Waals surface area contributed by atoms with Crippen molar-refractivity contribution < 1.29 is 18.9 Å². The summed E-state index contributed by atoms with van der Waals surface area (Å²) in [6.07, 6.45) is 0. The second-order valence-corrected chi connectivity index (χ2v) is 8.25. The maximum absolute atomic E-state index is 7.00. The van der Waals surface area contributed by atoms with Crippen molar-refractivity contribution in [3.8, 4) is 0 Å². The van der Waals surface area contributed by atoms with Crippen LogP contribution in [0.3, 0.4) is 0 Å². The van der Waals surface area contributed by atoms with Gasteiger partial charge in [-0.15, -0.1) is 0 Å². The van der Waals surface area contributed by atoms with Gasteiger partial charge in [0.1, 0.15) is 0 Å². The fourth-order valence-electron chi connectivity index (χ4n) is 2.60. The van der Waals surface area contributed by atoms with Gasteiger partial charge in [0.15, 0.2) is 0 Å². The average molecular weight is 277 g/mol. The number of benzene rings is 3. The molecule has 95 valence electrons. The second kappa shape index (κ2) is 7.00. The quantitative estimate of drug-likeness (QED) is 0.418. The molecular weight excluding hydrogens is 262 g/mol. The van der Waals surface area contributed by atoms with E-state index in [1.807, 2.05) is 18.2 Å². The molecule has 3 heteroatoms. The van der Waals surface area contributed by atoms with Crippen molar-refractivity contribution >= 4 is 30.9 Å². The van der Waals surface area contributed by atoms with Crippen molar-refractivity contribution in [1.29, 1.82) is 0 Å². The van der Waals surface area contributed by atoms with E-state index in [4.69, 9.17) is 7.44 Å². The molecule has 3 aromatic rings. The summed E-state index contributed by atoms with van der Waals surface area (Å²) in [5.74, 6) is 0. The summed E-state index contributed by atoms with van der Waals surface area (Å²) < 4.78 is 0. The molecule has 0 atom stereocenters. The minimum atomic E-state index is -2.38. The van der Waals surface area contributed by atoms with Crippen molar-refractivity contribution in [3.63, 3.8) is 0 Å². The van der Waals surface area contributed by atoms with E-state index >= 15 is 0 Å². The first-order valence-electron chi connectivity index (χ1n) is 6.77. The van der Waals surface area contributed by atoms with E-state index < -0.39 is 7.94 Å². The molecule has 21 heavy (non-hydrogen) atoms. The van der Waals surface area contributed by atoms with E-state index in [1.54, 1.807) is 0 Å². The molecule has 0 unspecified atom stereocenters. The third-order valence-corrected chi connectivity index (χ3v) is 7.42. The molecule has 3 rings (SSSR count). The molecule has 0 nitrogen and oxygen atoms in total. The van der Waals surface area contributed by atoms with E-state index in [2.05, 4.69) is 72.8 Å². The topological polar surface area (TPSA) is 0 Å². The van der Waals surface area contributed by atoms with Crippen LogP contribution < -0.4 is 34.4 Å². The first kappa shape index (κ1) is 15.9. The summed E-state index contributed by atoms with van der Waals surface area (Å²) in [7, 11) is 4.62. The fourth-order valence-corrected chi connectivity index (χ4v) is 5.76. The molecule has 0 N–H and O–H groups in total. The first-order valence-corrected chi connectivity index (χ1v) is 8.85. The molecule has 0 aliphatic rings. The maximum Gasteiger partial charge on any atom is 1.00 e. The largest absolute Gasteiger partial charge is 1.00 e. The molecule has 0 aliphatic carbocycles. The van der Waals surface area contributed by atoms with Gasteiger partial charge in [0.25, 0.3) is 0 Å². The van der Waals surface area contributed by atoms with Crippen molar-refractivity contribution in [2.24, 2.45) is 0 Å². The van der Waals surface area contributed by atoms with Crippen LogP contribution in [-0.2, 0) is 0 Å². The summed E-state index contributed by atoms with van der Waals surface area (Å²) >= 11 is 0. The zero-order valence-corrected chi connectivity index (χ0v) is 13.2. The van der Waals surface area contributed by atoms with Crippen LogP contribution in [0, 0.1) is 0 Å². The smallest absolute Gasteiger partial charge is 0.605 e. The van der Waals surface area contributed by atoms with Gasteiger partial charge in [-0.25, -0.2) is 0 Å². The Bertz CT molecular complexity index is 575. The third-order valence-electron chi connectivity index (χ3n) is 3.69. The van der Waals surface area contributed by atoms with Crippen LogP contribution in [0.25, 0.3) is 0 Å². The average Bonchev–Trinajstić information content (AvgIpc) is 2.56. The van der Waals surface area contributed by atoms with E-state index in [1.165, 1.54) is 15.6 Å². The molecule has 0 fully saturated rings. The van der Waals surface area contributed by atoms with Crippen LogP contribution in [0.4, 0.5) is 0 Å². The van der Waals surface area contributed by atoms with Crippen LogP contribution in [0.15, 0.2) is 91.0 Å². The Labute approximate surface area is 140 Å². The van der Waals surface area contributed by atoms with Gasteiger partial charge < -0.3 is 7.44 Å². The van der Waals surface area contributed by atoms with Crippen LogP contribution in [0.1, 0.15) is 0 Å². The number of rotatable bonds is 3. The standard InChI is InChI=1S/C18H15BSi.Li/c19-20(16-10-4-1-5-11-16,17-12-6-2-7-13-17)18-14-8-3-9-15-18;/h1-15H;/q-1;+1. The third kappa shape index (κ3) is 3.09. The first-order chi connectivity index (χ1) is 9.82. The van der Waals surface area contributed by atoms with Gasteiger partial charge in [-0.1, -0.05) is 114 Å². The zero-order valence-electron chi connectivity index (χ0n) is 12.2. The fraction of sp³-hybridized carbons (Fsp3) is 0. The minimum Gasteiger partial charge on any atom is -0.605 e. The van der Waals surface area contributed by atoms with Gasteiger partial charge in [-0.2, -0.15) is 0 Å². The van der Waals surface area contributed by atoms with Crippen molar-refractivity contribution in [2.75, 3.05) is 0 Å². The van der Waals surface area contributed by atoms with Gasteiger partial charge >= 0.3 is 18.9 Å². The molecule has 0 heterocycles. The molecule has 3 aromatic carbocycles. The number of hydrogen-bond donors (Lipinski definition) is 0. The Balaban J connectivity index is 0.00000161. The van der Waals surface area contributed by atoms with Gasteiger partial charge in [0.05, 0.1) is 0 Å². The van der Waals surface area contributed by atoms with Gasteiger partial charge in [-0.05, 0) is 0 Å². The van der Waals surface area contributed by atoms with Gasteiger partial charge in [0, 0.05) is 0 Å². The molecule has 0 bridgehead atoms.